The first kappa shape index (κ1) is 19.6. The Morgan fingerprint density at radius 1 is 1.20 bits per heavy atom. The van der Waals surface area contributed by atoms with E-state index < -0.39 is 0 Å². The molecule has 1 rings (SSSR count). The van der Waals surface area contributed by atoms with Crippen molar-refractivity contribution in [1.82, 2.24) is 10.6 Å². The summed E-state index contributed by atoms with van der Waals surface area (Å²) in [5.74, 6) is 1.98. The van der Waals surface area contributed by atoms with Crippen LogP contribution in [0.5, 0.6) is 0 Å². The summed E-state index contributed by atoms with van der Waals surface area (Å²) in [5.41, 5.74) is 4.09. The number of hydrogen-bond acceptors (Lipinski definition) is 2. The van der Waals surface area contributed by atoms with E-state index in [9.17, 15) is 0 Å². The number of aliphatic imine (C=N–C) groups is 1. The van der Waals surface area contributed by atoms with Crippen LogP contribution in [-0.4, -0.2) is 38.1 Å². The van der Waals surface area contributed by atoms with Gasteiger partial charge in [0.05, 0.1) is 0 Å². The molecule has 0 aliphatic heterocycles. The van der Waals surface area contributed by atoms with Crippen LogP contribution >= 0.6 is 35.7 Å². The number of rotatable bonds is 6. The molecule has 114 valence electrons. The van der Waals surface area contributed by atoms with E-state index in [4.69, 9.17) is 0 Å². The molecular weight excluding hydrogens is 381 g/mol. The molecule has 20 heavy (non-hydrogen) atoms. The number of benzene rings is 1. The zero-order chi connectivity index (χ0) is 14.1. The van der Waals surface area contributed by atoms with E-state index in [0.717, 1.165) is 31.2 Å². The van der Waals surface area contributed by atoms with Crippen LogP contribution in [0.1, 0.15) is 16.7 Å². The molecule has 0 aliphatic rings. The molecule has 0 saturated heterocycles. The first-order chi connectivity index (χ1) is 9.17. The van der Waals surface area contributed by atoms with Crippen LogP contribution in [0.25, 0.3) is 0 Å². The molecule has 0 amide bonds. The predicted molar refractivity (Wildman–Crippen MR) is 103 cm³/mol. The Morgan fingerprint density at radius 2 is 1.90 bits per heavy atom. The molecule has 0 fully saturated rings. The van der Waals surface area contributed by atoms with E-state index in [2.05, 4.69) is 53.9 Å². The van der Waals surface area contributed by atoms with Gasteiger partial charge in [0.1, 0.15) is 0 Å². The Kier molecular flexibility index (Phi) is 11.0. The Bertz CT molecular complexity index is 422. The molecule has 1 aromatic rings. The quantitative estimate of drug-likeness (QED) is 0.330. The van der Waals surface area contributed by atoms with Gasteiger partial charge in [-0.1, -0.05) is 23.8 Å². The average Bonchev–Trinajstić information content (AvgIpc) is 2.39. The normalized spacial score (nSPS) is 10.9. The van der Waals surface area contributed by atoms with E-state index in [1.807, 2.05) is 18.8 Å². The second-order valence-electron chi connectivity index (χ2n) is 4.60. The minimum absolute atomic E-state index is 0. The summed E-state index contributed by atoms with van der Waals surface area (Å²) in [6, 6.07) is 6.63. The van der Waals surface area contributed by atoms with Crippen molar-refractivity contribution in [3.63, 3.8) is 0 Å². The maximum absolute atomic E-state index is 4.21. The molecule has 0 bridgehead atoms. The second-order valence-corrected chi connectivity index (χ2v) is 5.58. The van der Waals surface area contributed by atoms with E-state index in [1.165, 1.54) is 16.7 Å². The fraction of sp³-hybridized carbons (Fsp3) is 0.533. The smallest absolute Gasteiger partial charge is 0.191 e. The van der Waals surface area contributed by atoms with Crippen molar-refractivity contribution in [2.24, 2.45) is 4.99 Å². The highest BCUT2D eigenvalue weighted by Gasteiger charge is 2.00. The molecule has 0 unspecified atom stereocenters. The monoisotopic (exact) mass is 407 g/mol. The lowest BCUT2D eigenvalue weighted by Gasteiger charge is -2.12. The molecule has 0 spiro atoms. The summed E-state index contributed by atoms with van der Waals surface area (Å²) >= 11 is 1.83. The summed E-state index contributed by atoms with van der Waals surface area (Å²) in [5, 5.41) is 6.65. The van der Waals surface area contributed by atoms with Gasteiger partial charge in [-0.25, -0.2) is 0 Å². The van der Waals surface area contributed by atoms with Crippen molar-refractivity contribution in [2.45, 2.75) is 20.3 Å². The zero-order valence-electron chi connectivity index (χ0n) is 12.8. The first-order valence-corrected chi connectivity index (χ1v) is 8.06. The molecule has 0 heterocycles. The van der Waals surface area contributed by atoms with Crippen molar-refractivity contribution in [3.8, 4) is 0 Å². The number of guanidine groups is 1. The molecule has 2 N–H and O–H groups in total. The van der Waals surface area contributed by atoms with Gasteiger partial charge in [-0.3, -0.25) is 4.99 Å². The standard InChI is InChI=1S/C15H25N3S.HI/c1-12-5-6-14(13(2)11-12)7-8-17-15(16-3)18-9-10-19-4;/h5-6,11H,7-10H2,1-4H3,(H2,16,17,18);1H. The van der Waals surface area contributed by atoms with Crippen molar-refractivity contribution in [1.29, 1.82) is 0 Å². The summed E-state index contributed by atoms with van der Waals surface area (Å²) in [7, 11) is 1.81. The fourth-order valence-electron chi connectivity index (χ4n) is 1.93. The van der Waals surface area contributed by atoms with E-state index >= 15 is 0 Å². The van der Waals surface area contributed by atoms with Crippen LogP contribution < -0.4 is 10.6 Å². The maximum Gasteiger partial charge on any atom is 0.191 e. The molecular formula is C15H26IN3S. The third-order valence-corrected chi connectivity index (χ3v) is 3.62. The van der Waals surface area contributed by atoms with Crippen LogP contribution in [0.4, 0.5) is 0 Å². The van der Waals surface area contributed by atoms with Crippen molar-refractivity contribution in [3.05, 3.63) is 34.9 Å². The topological polar surface area (TPSA) is 36.4 Å². The Labute approximate surface area is 144 Å². The molecule has 1 aromatic carbocycles. The Hall–Kier alpha value is -0.430. The summed E-state index contributed by atoms with van der Waals surface area (Å²) < 4.78 is 0. The van der Waals surface area contributed by atoms with Crippen LogP contribution in [-0.2, 0) is 6.42 Å². The van der Waals surface area contributed by atoms with Crippen molar-refractivity contribution >= 4 is 41.7 Å². The van der Waals surface area contributed by atoms with Gasteiger partial charge in [0, 0.05) is 25.9 Å². The van der Waals surface area contributed by atoms with Gasteiger partial charge < -0.3 is 10.6 Å². The number of nitrogens with one attached hydrogen (secondary N) is 2. The van der Waals surface area contributed by atoms with E-state index in [1.54, 1.807) is 0 Å². The van der Waals surface area contributed by atoms with E-state index in [0.29, 0.717) is 0 Å². The summed E-state index contributed by atoms with van der Waals surface area (Å²) in [6.07, 6.45) is 3.13. The predicted octanol–water partition coefficient (Wildman–Crippen LogP) is 2.99. The third-order valence-electron chi connectivity index (χ3n) is 3.01. The minimum Gasteiger partial charge on any atom is -0.356 e. The highest BCUT2D eigenvalue weighted by molar-refractivity contribution is 14.0. The lowest BCUT2D eigenvalue weighted by molar-refractivity contribution is 0.809. The van der Waals surface area contributed by atoms with Crippen LogP contribution in [0.3, 0.4) is 0 Å². The molecule has 0 saturated carbocycles. The largest absolute Gasteiger partial charge is 0.356 e. The maximum atomic E-state index is 4.21. The molecule has 5 heteroatoms. The van der Waals surface area contributed by atoms with Gasteiger partial charge in [0.2, 0.25) is 0 Å². The van der Waals surface area contributed by atoms with Gasteiger partial charge in [0.25, 0.3) is 0 Å². The molecule has 0 aliphatic carbocycles. The SMILES string of the molecule is CN=C(NCCSC)NCCc1ccc(C)cc1C.I. The van der Waals surface area contributed by atoms with Crippen LogP contribution in [0.15, 0.2) is 23.2 Å². The number of nitrogens with zero attached hydrogens (tertiary/aromatic N) is 1. The summed E-state index contributed by atoms with van der Waals surface area (Å²) in [4.78, 5) is 4.21. The summed E-state index contributed by atoms with van der Waals surface area (Å²) in [6.45, 7) is 6.16. The van der Waals surface area contributed by atoms with Gasteiger partial charge in [-0.05, 0) is 37.7 Å². The Balaban J connectivity index is 0.00000361. The highest BCUT2D eigenvalue weighted by atomic mass is 127. The van der Waals surface area contributed by atoms with Gasteiger partial charge in [-0.15, -0.1) is 24.0 Å². The lowest BCUT2D eigenvalue weighted by atomic mass is 10.0. The first-order valence-electron chi connectivity index (χ1n) is 6.67. The van der Waals surface area contributed by atoms with E-state index in [-0.39, 0.29) is 24.0 Å². The molecule has 0 aromatic heterocycles. The van der Waals surface area contributed by atoms with Crippen molar-refractivity contribution in [2.75, 3.05) is 32.1 Å². The number of halogens is 1. The molecule has 3 nitrogen and oxygen atoms in total. The highest BCUT2D eigenvalue weighted by Crippen LogP contribution is 2.10. The minimum atomic E-state index is 0. The lowest BCUT2D eigenvalue weighted by Crippen LogP contribution is -2.39. The van der Waals surface area contributed by atoms with Crippen LogP contribution in [0, 0.1) is 13.8 Å². The van der Waals surface area contributed by atoms with Gasteiger partial charge in [-0.2, -0.15) is 11.8 Å². The number of hydrogen-bond donors (Lipinski definition) is 2. The average molecular weight is 407 g/mol. The third kappa shape index (κ3) is 7.38. The fourth-order valence-corrected chi connectivity index (χ4v) is 2.24. The number of thioether (sulfide) groups is 1. The Morgan fingerprint density at radius 3 is 2.50 bits per heavy atom. The number of aryl methyl sites for hydroxylation is 2. The van der Waals surface area contributed by atoms with Crippen molar-refractivity contribution < 1.29 is 0 Å². The zero-order valence-corrected chi connectivity index (χ0v) is 16.0. The molecule has 0 radical (unpaired) electrons. The van der Waals surface area contributed by atoms with Gasteiger partial charge >= 0.3 is 0 Å². The van der Waals surface area contributed by atoms with Gasteiger partial charge in [0.15, 0.2) is 5.96 Å². The second kappa shape index (κ2) is 11.3. The molecule has 0 atom stereocenters. The van der Waals surface area contributed by atoms with Crippen LogP contribution in [0.2, 0.25) is 0 Å².